The van der Waals surface area contributed by atoms with E-state index in [0.29, 0.717) is 21.6 Å². The van der Waals surface area contributed by atoms with Gasteiger partial charge in [0.2, 0.25) is 5.91 Å². The van der Waals surface area contributed by atoms with Crippen LogP contribution in [0.25, 0.3) is 11.0 Å². The van der Waals surface area contributed by atoms with Crippen LogP contribution in [-0.4, -0.2) is 11.1 Å². The first-order valence-electron chi connectivity index (χ1n) is 5.25. The van der Waals surface area contributed by atoms with Crippen molar-refractivity contribution in [2.45, 2.75) is 12.8 Å². The molecule has 0 radical (unpaired) electrons. The standard InChI is InChI=1S/C12H10ClNO4/c13-9-2-3-10-8(6-9)5-7(12(16)18-10)1-4-11(15)14-17/h2-3,5-6,17H,1,4H2,(H,14,15). The monoisotopic (exact) mass is 267 g/mol. The lowest BCUT2D eigenvalue weighted by atomic mass is 10.1. The first-order valence-corrected chi connectivity index (χ1v) is 5.63. The number of hydrogen-bond acceptors (Lipinski definition) is 4. The first kappa shape index (κ1) is 12.6. The average Bonchev–Trinajstić information content (AvgIpc) is 2.36. The van der Waals surface area contributed by atoms with E-state index in [1.54, 1.807) is 24.3 Å². The molecule has 2 rings (SSSR count). The summed E-state index contributed by atoms with van der Waals surface area (Å²) in [5.41, 5.74) is 1.83. The van der Waals surface area contributed by atoms with Crippen LogP contribution in [0.1, 0.15) is 12.0 Å². The van der Waals surface area contributed by atoms with Gasteiger partial charge in [-0.15, -0.1) is 0 Å². The highest BCUT2D eigenvalue weighted by Gasteiger charge is 2.08. The number of halogens is 1. The second-order valence-electron chi connectivity index (χ2n) is 3.78. The number of rotatable bonds is 3. The highest BCUT2D eigenvalue weighted by atomic mass is 35.5. The zero-order chi connectivity index (χ0) is 13.1. The zero-order valence-electron chi connectivity index (χ0n) is 9.27. The molecule has 1 heterocycles. The molecule has 1 aromatic heterocycles. The Morgan fingerprint density at radius 3 is 2.89 bits per heavy atom. The van der Waals surface area contributed by atoms with Crippen molar-refractivity contribution in [3.8, 4) is 0 Å². The molecule has 0 fully saturated rings. The van der Waals surface area contributed by atoms with Gasteiger partial charge in [0.05, 0.1) is 0 Å². The molecular formula is C12H10ClNO4. The molecule has 0 bridgehead atoms. The SMILES string of the molecule is O=C(CCc1cc2cc(Cl)ccc2oc1=O)NO. The maximum absolute atomic E-state index is 11.6. The van der Waals surface area contributed by atoms with Crippen LogP contribution in [0.4, 0.5) is 0 Å². The molecule has 1 amide bonds. The van der Waals surface area contributed by atoms with Gasteiger partial charge in [0.15, 0.2) is 0 Å². The molecule has 0 saturated heterocycles. The van der Waals surface area contributed by atoms with Gasteiger partial charge in [-0.3, -0.25) is 10.0 Å². The average molecular weight is 268 g/mol. The van der Waals surface area contributed by atoms with Crippen LogP contribution >= 0.6 is 11.6 Å². The molecule has 6 heteroatoms. The summed E-state index contributed by atoms with van der Waals surface area (Å²) in [7, 11) is 0. The second kappa shape index (κ2) is 5.20. The third-order valence-corrected chi connectivity index (χ3v) is 2.75. The van der Waals surface area contributed by atoms with Crippen molar-refractivity contribution in [2.24, 2.45) is 0 Å². The van der Waals surface area contributed by atoms with Gasteiger partial charge >= 0.3 is 5.63 Å². The van der Waals surface area contributed by atoms with Crippen LogP contribution in [0.2, 0.25) is 5.02 Å². The van der Waals surface area contributed by atoms with Crippen molar-refractivity contribution < 1.29 is 14.4 Å². The van der Waals surface area contributed by atoms with Gasteiger partial charge in [-0.05, 0) is 30.7 Å². The Balaban J connectivity index is 2.36. The molecule has 94 valence electrons. The Labute approximate surface area is 107 Å². The first-order chi connectivity index (χ1) is 8.60. The lowest BCUT2D eigenvalue weighted by Gasteiger charge is -2.02. The largest absolute Gasteiger partial charge is 0.423 e. The van der Waals surface area contributed by atoms with Crippen LogP contribution in [0.15, 0.2) is 33.5 Å². The molecule has 1 aromatic carbocycles. The van der Waals surface area contributed by atoms with E-state index in [1.807, 2.05) is 0 Å². The minimum absolute atomic E-state index is 0.00727. The maximum Gasteiger partial charge on any atom is 0.339 e. The van der Waals surface area contributed by atoms with E-state index in [-0.39, 0.29) is 12.8 Å². The summed E-state index contributed by atoms with van der Waals surface area (Å²) in [5.74, 6) is -0.555. The van der Waals surface area contributed by atoms with Crippen LogP contribution in [-0.2, 0) is 11.2 Å². The normalized spacial score (nSPS) is 10.6. The molecule has 0 aliphatic carbocycles. The topological polar surface area (TPSA) is 79.5 Å². The summed E-state index contributed by atoms with van der Waals surface area (Å²) in [6, 6.07) is 6.56. The number of carbonyl (C=O) groups excluding carboxylic acids is 1. The summed E-state index contributed by atoms with van der Waals surface area (Å²) in [6.07, 6.45) is 0.199. The van der Waals surface area contributed by atoms with Crippen LogP contribution in [0.5, 0.6) is 0 Å². The molecule has 0 atom stereocenters. The fourth-order valence-corrected chi connectivity index (χ4v) is 1.80. The number of hydroxylamine groups is 1. The highest BCUT2D eigenvalue weighted by molar-refractivity contribution is 6.31. The van der Waals surface area contributed by atoms with E-state index in [0.717, 1.165) is 0 Å². The molecule has 0 spiro atoms. The van der Waals surface area contributed by atoms with Crippen LogP contribution < -0.4 is 11.1 Å². The third-order valence-electron chi connectivity index (χ3n) is 2.51. The summed E-state index contributed by atoms with van der Waals surface area (Å²) in [5, 5.41) is 9.60. The molecule has 0 aliphatic rings. The Hall–Kier alpha value is -1.85. The maximum atomic E-state index is 11.6. The summed E-state index contributed by atoms with van der Waals surface area (Å²) in [6.45, 7) is 0. The summed E-state index contributed by atoms with van der Waals surface area (Å²) < 4.78 is 5.11. The third kappa shape index (κ3) is 2.69. The highest BCUT2D eigenvalue weighted by Crippen LogP contribution is 2.19. The number of hydrogen-bond donors (Lipinski definition) is 2. The van der Waals surface area contributed by atoms with E-state index in [4.69, 9.17) is 21.2 Å². The number of nitrogens with one attached hydrogen (secondary N) is 1. The fourth-order valence-electron chi connectivity index (χ4n) is 1.62. The van der Waals surface area contributed by atoms with Gasteiger partial charge in [-0.25, -0.2) is 10.3 Å². The molecule has 2 aromatic rings. The van der Waals surface area contributed by atoms with Crippen LogP contribution in [0.3, 0.4) is 0 Å². The van der Waals surface area contributed by atoms with Gasteiger partial charge in [0.25, 0.3) is 0 Å². The predicted molar refractivity (Wildman–Crippen MR) is 65.7 cm³/mol. The van der Waals surface area contributed by atoms with E-state index in [9.17, 15) is 9.59 Å². The Bertz CT molecular complexity index is 650. The molecular weight excluding hydrogens is 258 g/mol. The number of aryl methyl sites for hydroxylation is 1. The number of amides is 1. The van der Waals surface area contributed by atoms with Gasteiger partial charge in [0, 0.05) is 22.4 Å². The quantitative estimate of drug-likeness (QED) is 0.506. The van der Waals surface area contributed by atoms with Crippen molar-refractivity contribution in [3.63, 3.8) is 0 Å². The van der Waals surface area contributed by atoms with E-state index < -0.39 is 11.5 Å². The number of fused-ring (bicyclic) bond motifs is 1. The van der Waals surface area contributed by atoms with E-state index in [1.165, 1.54) is 5.48 Å². The van der Waals surface area contributed by atoms with Gasteiger partial charge in [-0.2, -0.15) is 0 Å². The minimum Gasteiger partial charge on any atom is -0.423 e. The lowest BCUT2D eigenvalue weighted by Crippen LogP contribution is -2.20. The molecule has 18 heavy (non-hydrogen) atoms. The summed E-state index contributed by atoms with van der Waals surface area (Å²) >= 11 is 5.84. The summed E-state index contributed by atoms with van der Waals surface area (Å²) in [4.78, 5) is 22.5. The van der Waals surface area contributed by atoms with Gasteiger partial charge in [-0.1, -0.05) is 11.6 Å². The van der Waals surface area contributed by atoms with Crippen molar-refractivity contribution >= 4 is 28.5 Å². The Morgan fingerprint density at radius 1 is 1.39 bits per heavy atom. The Morgan fingerprint density at radius 2 is 2.17 bits per heavy atom. The number of carbonyl (C=O) groups is 1. The van der Waals surface area contributed by atoms with Crippen molar-refractivity contribution in [1.29, 1.82) is 0 Å². The van der Waals surface area contributed by atoms with Gasteiger partial charge in [0.1, 0.15) is 5.58 Å². The Kier molecular flexibility index (Phi) is 3.64. The van der Waals surface area contributed by atoms with E-state index in [2.05, 4.69) is 0 Å². The molecule has 0 aliphatic heterocycles. The van der Waals surface area contributed by atoms with Crippen molar-refractivity contribution in [1.82, 2.24) is 5.48 Å². The lowest BCUT2D eigenvalue weighted by molar-refractivity contribution is -0.129. The molecule has 0 saturated carbocycles. The minimum atomic E-state index is -0.555. The molecule has 2 N–H and O–H groups in total. The molecule has 5 nitrogen and oxygen atoms in total. The smallest absolute Gasteiger partial charge is 0.339 e. The van der Waals surface area contributed by atoms with E-state index >= 15 is 0 Å². The fraction of sp³-hybridized carbons (Fsp3) is 0.167. The second-order valence-corrected chi connectivity index (χ2v) is 4.21. The van der Waals surface area contributed by atoms with Crippen molar-refractivity contribution in [2.75, 3.05) is 0 Å². The van der Waals surface area contributed by atoms with Crippen molar-refractivity contribution in [3.05, 3.63) is 45.3 Å². The van der Waals surface area contributed by atoms with Crippen LogP contribution in [0, 0.1) is 0 Å². The molecule has 0 unspecified atom stereocenters. The number of benzene rings is 1. The predicted octanol–water partition coefficient (Wildman–Crippen LogP) is 1.88. The zero-order valence-corrected chi connectivity index (χ0v) is 10.0. The van der Waals surface area contributed by atoms with Gasteiger partial charge < -0.3 is 4.42 Å².